The van der Waals surface area contributed by atoms with Gasteiger partial charge in [0.1, 0.15) is 12.0 Å². The largest absolute Gasteiger partial charge is 0.484 e. The van der Waals surface area contributed by atoms with Crippen LogP contribution in [0.15, 0.2) is 18.2 Å². The number of carbonyl (C=O) groups excluding carboxylic acids is 2. The number of amides is 2. The van der Waals surface area contributed by atoms with E-state index in [1.807, 2.05) is 6.92 Å². The first-order valence-corrected chi connectivity index (χ1v) is 10.2. The molecule has 4 aliphatic rings. The highest BCUT2D eigenvalue weighted by Gasteiger charge is 2.57. The quantitative estimate of drug-likeness (QED) is 0.644. The van der Waals surface area contributed by atoms with E-state index < -0.39 is 6.10 Å². The predicted molar refractivity (Wildman–Crippen MR) is 104 cm³/mol. The van der Waals surface area contributed by atoms with E-state index >= 15 is 0 Å². The van der Waals surface area contributed by atoms with E-state index in [0.29, 0.717) is 28.3 Å². The van der Waals surface area contributed by atoms with Crippen molar-refractivity contribution >= 4 is 35.0 Å². The molecule has 9 heteroatoms. The van der Waals surface area contributed by atoms with Crippen molar-refractivity contribution in [3.8, 4) is 5.75 Å². The highest BCUT2D eigenvalue weighted by atomic mass is 35.5. The molecule has 3 saturated carbocycles. The van der Waals surface area contributed by atoms with Crippen LogP contribution in [-0.4, -0.2) is 48.9 Å². The van der Waals surface area contributed by atoms with Gasteiger partial charge in [0.15, 0.2) is 12.7 Å². The molecule has 1 aliphatic heterocycles. The molecule has 1 aromatic carbocycles. The zero-order valence-corrected chi connectivity index (χ0v) is 17.0. The van der Waals surface area contributed by atoms with Gasteiger partial charge in [0.25, 0.3) is 11.8 Å². The molecule has 1 heterocycles. The average Bonchev–Trinajstić information content (AvgIpc) is 3.28. The topological polar surface area (TPSA) is 88.7 Å². The Morgan fingerprint density at radius 2 is 2.07 bits per heavy atom. The van der Waals surface area contributed by atoms with Crippen molar-refractivity contribution in [2.75, 3.05) is 13.2 Å². The van der Waals surface area contributed by atoms with E-state index in [9.17, 15) is 9.59 Å². The highest BCUT2D eigenvalue weighted by Crippen LogP contribution is 2.52. The lowest BCUT2D eigenvalue weighted by Gasteiger charge is -2.39. The van der Waals surface area contributed by atoms with E-state index in [1.54, 1.807) is 18.2 Å². The van der Waals surface area contributed by atoms with Crippen LogP contribution >= 0.6 is 23.2 Å². The second-order valence-electron chi connectivity index (χ2n) is 7.86. The van der Waals surface area contributed by atoms with Gasteiger partial charge in [-0.3, -0.25) is 14.9 Å². The minimum Gasteiger partial charge on any atom is -0.484 e. The fraction of sp³-hybridized carbons (Fsp3) is 0.579. The van der Waals surface area contributed by atoms with E-state index in [2.05, 4.69) is 16.0 Å². The molecule has 0 radical (unpaired) electrons. The molecule has 7 nitrogen and oxygen atoms in total. The minimum absolute atomic E-state index is 0.0479. The monoisotopic (exact) mass is 427 g/mol. The molecule has 152 valence electrons. The van der Waals surface area contributed by atoms with Crippen LogP contribution in [0.1, 0.15) is 26.2 Å². The van der Waals surface area contributed by atoms with Gasteiger partial charge in [-0.2, -0.15) is 0 Å². The first-order chi connectivity index (χ1) is 13.3. The lowest BCUT2D eigenvalue weighted by molar-refractivity contribution is -0.134. The third-order valence-electron chi connectivity index (χ3n) is 5.73. The Morgan fingerprint density at radius 3 is 2.75 bits per heavy atom. The molecule has 0 spiro atoms. The summed E-state index contributed by atoms with van der Waals surface area (Å²) in [5.74, 6) is 0.603. The fourth-order valence-electron chi connectivity index (χ4n) is 4.38. The van der Waals surface area contributed by atoms with Crippen LogP contribution in [0, 0.1) is 5.92 Å². The SMILES string of the molecule is CC1NCC(C(=O)NC23CC(C2)[C@@H](NC(=O)COc2ccc(Cl)c(Cl)c2)C3)O1. The van der Waals surface area contributed by atoms with Crippen molar-refractivity contribution < 1.29 is 19.1 Å². The Bertz CT molecular complexity index is 784. The second-order valence-corrected chi connectivity index (χ2v) is 8.67. The predicted octanol–water partition coefficient (Wildman–Crippen LogP) is 1.86. The standard InChI is InChI=1S/C19H23Cl2N3O4/c1-10-22-8-16(28-10)18(26)24-19-5-11(6-19)15(7-19)23-17(25)9-27-12-2-3-13(20)14(21)4-12/h2-4,10-11,15-16,22H,5-9H2,1H3,(H,23,25)(H,24,26)/t10?,11?,15-,16?,19?/m0/s1. The van der Waals surface area contributed by atoms with Crippen molar-refractivity contribution in [1.29, 1.82) is 0 Å². The number of carbonyl (C=O) groups is 2. The van der Waals surface area contributed by atoms with Crippen LogP contribution in [-0.2, 0) is 14.3 Å². The van der Waals surface area contributed by atoms with Crippen LogP contribution < -0.4 is 20.7 Å². The summed E-state index contributed by atoms with van der Waals surface area (Å²) < 4.78 is 11.0. The normalized spacial score (nSPS) is 33.2. The third-order valence-corrected chi connectivity index (χ3v) is 6.47. The van der Waals surface area contributed by atoms with Crippen molar-refractivity contribution in [2.24, 2.45) is 5.92 Å². The van der Waals surface area contributed by atoms with Crippen molar-refractivity contribution in [1.82, 2.24) is 16.0 Å². The first-order valence-electron chi connectivity index (χ1n) is 9.42. The Hall–Kier alpha value is -1.54. The molecule has 3 aliphatic carbocycles. The maximum Gasteiger partial charge on any atom is 0.258 e. The number of hydrogen-bond acceptors (Lipinski definition) is 5. The summed E-state index contributed by atoms with van der Waals surface area (Å²) in [4.78, 5) is 24.7. The van der Waals surface area contributed by atoms with E-state index in [4.69, 9.17) is 32.7 Å². The van der Waals surface area contributed by atoms with E-state index in [0.717, 1.165) is 19.3 Å². The molecule has 2 unspecified atom stereocenters. The molecule has 0 aromatic heterocycles. The molecule has 2 amide bonds. The van der Waals surface area contributed by atoms with Gasteiger partial charge in [-0.05, 0) is 44.2 Å². The van der Waals surface area contributed by atoms with Gasteiger partial charge in [-0.15, -0.1) is 0 Å². The van der Waals surface area contributed by atoms with Crippen molar-refractivity contribution in [2.45, 2.75) is 50.1 Å². The lowest BCUT2D eigenvalue weighted by atomic mass is 9.76. The maximum atomic E-state index is 12.4. The number of hydrogen-bond donors (Lipinski definition) is 3. The van der Waals surface area contributed by atoms with Gasteiger partial charge in [0.05, 0.1) is 10.0 Å². The zero-order chi connectivity index (χ0) is 19.9. The Labute approximate surface area is 173 Å². The molecule has 1 aromatic rings. The summed E-state index contributed by atoms with van der Waals surface area (Å²) in [6.45, 7) is 2.31. The van der Waals surface area contributed by atoms with Gasteiger partial charge < -0.3 is 20.1 Å². The average molecular weight is 428 g/mol. The van der Waals surface area contributed by atoms with Crippen LogP contribution in [0.2, 0.25) is 10.0 Å². The molecule has 2 bridgehead atoms. The number of rotatable bonds is 6. The van der Waals surface area contributed by atoms with E-state index in [-0.39, 0.29) is 36.2 Å². The number of ether oxygens (including phenoxy) is 2. The third kappa shape index (κ3) is 4.08. The number of halogens is 2. The first kappa shape index (κ1) is 19.8. The lowest BCUT2D eigenvalue weighted by Crippen LogP contribution is -2.55. The second kappa shape index (κ2) is 7.71. The molecule has 5 rings (SSSR count). The molecule has 4 fully saturated rings. The number of nitrogens with one attached hydrogen (secondary N) is 3. The zero-order valence-electron chi connectivity index (χ0n) is 15.5. The van der Waals surface area contributed by atoms with Crippen LogP contribution in [0.3, 0.4) is 0 Å². The number of benzene rings is 1. The minimum atomic E-state index is -0.448. The Balaban J connectivity index is 1.24. The van der Waals surface area contributed by atoms with Gasteiger partial charge in [0, 0.05) is 24.2 Å². The van der Waals surface area contributed by atoms with Gasteiger partial charge in [-0.25, -0.2) is 0 Å². The molecular weight excluding hydrogens is 405 g/mol. The maximum absolute atomic E-state index is 12.4. The molecule has 3 N–H and O–H groups in total. The summed E-state index contributed by atoms with van der Waals surface area (Å²) in [5, 5.41) is 10.1. The van der Waals surface area contributed by atoms with Crippen molar-refractivity contribution in [3.63, 3.8) is 0 Å². The molecule has 28 heavy (non-hydrogen) atoms. The van der Waals surface area contributed by atoms with Gasteiger partial charge in [0.2, 0.25) is 0 Å². The van der Waals surface area contributed by atoms with Crippen LogP contribution in [0.4, 0.5) is 0 Å². The fourth-order valence-corrected chi connectivity index (χ4v) is 4.67. The summed E-state index contributed by atoms with van der Waals surface area (Å²) in [6, 6.07) is 4.92. The molecule has 1 saturated heterocycles. The van der Waals surface area contributed by atoms with Crippen LogP contribution in [0.5, 0.6) is 5.75 Å². The summed E-state index contributed by atoms with van der Waals surface area (Å²) in [5.41, 5.74) is -0.223. The summed E-state index contributed by atoms with van der Waals surface area (Å²) in [7, 11) is 0. The molecular formula is C19H23Cl2N3O4. The van der Waals surface area contributed by atoms with Crippen LogP contribution in [0.25, 0.3) is 0 Å². The van der Waals surface area contributed by atoms with Crippen molar-refractivity contribution in [3.05, 3.63) is 28.2 Å². The highest BCUT2D eigenvalue weighted by molar-refractivity contribution is 6.42. The Kier molecular flexibility index (Phi) is 5.44. The van der Waals surface area contributed by atoms with Gasteiger partial charge in [-0.1, -0.05) is 23.2 Å². The van der Waals surface area contributed by atoms with Gasteiger partial charge >= 0.3 is 0 Å². The van der Waals surface area contributed by atoms with E-state index in [1.165, 1.54) is 0 Å². The Morgan fingerprint density at radius 1 is 1.29 bits per heavy atom. The number of fused-ring (bicyclic) bond motifs is 1. The summed E-state index contributed by atoms with van der Waals surface area (Å²) >= 11 is 11.8. The molecule has 3 atom stereocenters. The summed E-state index contributed by atoms with van der Waals surface area (Å²) in [6.07, 6.45) is 1.95. The smallest absolute Gasteiger partial charge is 0.258 e.